The Morgan fingerprint density at radius 2 is 1.69 bits per heavy atom. The Hall–Kier alpha value is -3.78. The van der Waals surface area contributed by atoms with E-state index in [0.717, 1.165) is 12.8 Å². The van der Waals surface area contributed by atoms with Crippen LogP contribution in [0.1, 0.15) is 28.8 Å². The van der Waals surface area contributed by atoms with E-state index in [1.165, 1.54) is 23.3 Å². The van der Waals surface area contributed by atoms with Crippen molar-refractivity contribution in [2.24, 2.45) is 0 Å². The lowest BCUT2D eigenvalue weighted by molar-refractivity contribution is 0.0773. The molecule has 0 aliphatic carbocycles. The van der Waals surface area contributed by atoms with Gasteiger partial charge in [-0.25, -0.2) is 8.42 Å². The number of benzene rings is 3. The smallest absolute Gasteiger partial charge is 0.262 e. The number of carbonyl (C=O) groups is 1. The molecule has 1 amide bonds. The number of nitrogens with one attached hydrogen (secondary N) is 1. The Morgan fingerprint density at radius 3 is 2.46 bits per heavy atom. The predicted octanol–water partition coefficient (Wildman–Crippen LogP) is 4.58. The van der Waals surface area contributed by atoms with Crippen molar-refractivity contribution in [1.82, 2.24) is 4.90 Å². The molecule has 8 heteroatoms. The van der Waals surface area contributed by atoms with Crippen molar-refractivity contribution in [2.45, 2.75) is 17.7 Å². The number of nitrogens with zero attached hydrogens (tertiary/aromatic N) is 1. The van der Waals surface area contributed by atoms with Gasteiger partial charge in [0.05, 0.1) is 18.1 Å². The zero-order valence-corrected chi connectivity index (χ0v) is 20.0. The van der Waals surface area contributed by atoms with Gasteiger partial charge in [-0.05, 0) is 47.9 Å². The fourth-order valence-electron chi connectivity index (χ4n) is 4.19. The maximum absolute atomic E-state index is 13.1. The molecule has 5 rings (SSSR count). The second-order valence-electron chi connectivity index (χ2n) is 8.44. The standard InChI is InChI=1S/C27H26N2O5S/c30-27(29-14-12-21(13-15-29)20-6-2-1-3-7-20)22-8-4-9-23(18-22)28-35(31,32)24-10-11-25-26(19-24)34-17-5-16-33-25/h1-4,6-12,18-19,28H,5,13-17H2. The molecule has 3 aromatic carbocycles. The normalized spacial score (nSPS) is 15.7. The van der Waals surface area contributed by atoms with Crippen LogP contribution in [0.15, 0.2) is 83.8 Å². The number of fused-ring (bicyclic) bond motifs is 1. The van der Waals surface area contributed by atoms with E-state index in [-0.39, 0.29) is 10.8 Å². The zero-order chi connectivity index (χ0) is 24.3. The van der Waals surface area contributed by atoms with E-state index < -0.39 is 10.0 Å². The van der Waals surface area contributed by atoms with E-state index in [0.29, 0.717) is 49.1 Å². The molecule has 0 saturated heterocycles. The summed E-state index contributed by atoms with van der Waals surface area (Å²) in [5.74, 6) is 0.798. The third kappa shape index (κ3) is 5.17. The molecule has 2 heterocycles. The van der Waals surface area contributed by atoms with Crippen LogP contribution >= 0.6 is 0 Å². The molecule has 0 fully saturated rings. The summed E-state index contributed by atoms with van der Waals surface area (Å²) in [6.07, 6.45) is 3.58. The molecule has 180 valence electrons. The van der Waals surface area contributed by atoms with Gasteiger partial charge in [0.25, 0.3) is 15.9 Å². The molecular weight excluding hydrogens is 464 g/mol. The monoisotopic (exact) mass is 490 g/mol. The van der Waals surface area contributed by atoms with E-state index in [4.69, 9.17) is 9.47 Å². The summed E-state index contributed by atoms with van der Waals surface area (Å²) in [7, 11) is -3.88. The number of hydrogen-bond donors (Lipinski definition) is 1. The maximum atomic E-state index is 13.1. The van der Waals surface area contributed by atoms with Crippen LogP contribution in [0.5, 0.6) is 11.5 Å². The quantitative estimate of drug-likeness (QED) is 0.566. The van der Waals surface area contributed by atoms with Crippen LogP contribution in [0.25, 0.3) is 5.57 Å². The van der Waals surface area contributed by atoms with Crippen LogP contribution < -0.4 is 14.2 Å². The van der Waals surface area contributed by atoms with Crippen LogP contribution in [0, 0.1) is 0 Å². The number of sulfonamides is 1. The van der Waals surface area contributed by atoms with Crippen LogP contribution in [-0.2, 0) is 10.0 Å². The molecular formula is C27H26N2O5S. The van der Waals surface area contributed by atoms with Crippen molar-refractivity contribution in [3.63, 3.8) is 0 Å². The number of carbonyl (C=O) groups excluding carboxylic acids is 1. The summed E-state index contributed by atoms with van der Waals surface area (Å²) in [6.45, 7) is 2.11. The van der Waals surface area contributed by atoms with Crippen molar-refractivity contribution in [3.8, 4) is 11.5 Å². The van der Waals surface area contributed by atoms with Gasteiger partial charge in [-0.1, -0.05) is 42.5 Å². The van der Waals surface area contributed by atoms with Gasteiger partial charge < -0.3 is 14.4 Å². The summed E-state index contributed by atoms with van der Waals surface area (Å²) >= 11 is 0. The fraction of sp³-hybridized carbons (Fsp3) is 0.222. The highest BCUT2D eigenvalue weighted by atomic mass is 32.2. The first-order valence-electron chi connectivity index (χ1n) is 11.6. The van der Waals surface area contributed by atoms with Crippen LogP contribution in [0.3, 0.4) is 0 Å². The number of rotatable bonds is 5. The van der Waals surface area contributed by atoms with E-state index in [1.54, 1.807) is 35.2 Å². The summed E-state index contributed by atoms with van der Waals surface area (Å²) in [6, 6.07) is 21.3. The molecule has 0 bridgehead atoms. The lowest BCUT2D eigenvalue weighted by Gasteiger charge is -2.27. The SMILES string of the molecule is O=C(c1cccc(NS(=O)(=O)c2ccc3c(c2)OCCCO3)c1)N1CC=C(c2ccccc2)CC1. The van der Waals surface area contributed by atoms with Crippen LogP contribution in [0.4, 0.5) is 5.69 Å². The topological polar surface area (TPSA) is 84.9 Å². The maximum Gasteiger partial charge on any atom is 0.262 e. The molecule has 0 aromatic heterocycles. The molecule has 2 aliphatic heterocycles. The molecule has 2 aliphatic rings. The van der Waals surface area contributed by atoms with E-state index in [2.05, 4.69) is 22.9 Å². The van der Waals surface area contributed by atoms with Gasteiger partial charge in [-0.3, -0.25) is 9.52 Å². The van der Waals surface area contributed by atoms with Gasteiger partial charge in [0.2, 0.25) is 0 Å². The highest BCUT2D eigenvalue weighted by molar-refractivity contribution is 7.92. The molecule has 0 radical (unpaired) electrons. The Kier molecular flexibility index (Phi) is 6.46. The van der Waals surface area contributed by atoms with Gasteiger partial charge in [-0.15, -0.1) is 0 Å². The minimum Gasteiger partial charge on any atom is -0.490 e. The van der Waals surface area contributed by atoms with Crippen LogP contribution in [0.2, 0.25) is 0 Å². The summed E-state index contributed by atoms with van der Waals surface area (Å²) in [4.78, 5) is 14.9. The first-order chi connectivity index (χ1) is 17.0. The number of anilines is 1. The van der Waals surface area contributed by atoms with Crippen molar-refractivity contribution in [3.05, 3.63) is 90.0 Å². The molecule has 0 atom stereocenters. The number of ether oxygens (including phenoxy) is 2. The van der Waals surface area contributed by atoms with Crippen molar-refractivity contribution < 1.29 is 22.7 Å². The van der Waals surface area contributed by atoms with Gasteiger partial charge in [0.1, 0.15) is 0 Å². The van der Waals surface area contributed by atoms with Crippen molar-refractivity contribution in [2.75, 3.05) is 31.0 Å². The van der Waals surface area contributed by atoms with E-state index in [1.807, 2.05) is 18.2 Å². The van der Waals surface area contributed by atoms with Gasteiger partial charge in [0, 0.05) is 36.8 Å². The molecule has 1 N–H and O–H groups in total. The minimum absolute atomic E-state index is 0.0630. The Bertz CT molecular complexity index is 1370. The van der Waals surface area contributed by atoms with Crippen molar-refractivity contribution in [1.29, 1.82) is 0 Å². The lowest BCUT2D eigenvalue weighted by atomic mass is 9.99. The Labute approximate surface area is 205 Å². The summed E-state index contributed by atoms with van der Waals surface area (Å²) in [5.41, 5.74) is 3.15. The third-order valence-electron chi connectivity index (χ3n) is 6.03. The van der Waals surface area contributed by atoms with E-state index in [9.17, 15) is 13.2 Å². The second-order valence-corrected chi connectivity index (χ2v) is 10.1. The largest absolute Gasteiger partial charge is 0.490 e. The number of hydrogen-bond acceptors (Lipinski definition) is 5. The van der Waals surface area contributed by atoms with Crippen LogP contribution in [-0.4, -0.2) is 45.5 Å². The van der Waals surface area contributed by atoms with E-state index >= 15 is 0 Å². The molecule has 0 unspecified atom stereocenters. The molecule has 7 nitrogen and oxygen atoms in total. The zero-order valence-electron chi connectivity index (χ0n) is 19.1. The Morgan fingerprint density at radius 1 is 0.886 bits per heavy atom. The highest BCUT2D eigenvalue weighted by Crippen LogP contribution is 2.32. The Balaban J connectivity index is 1.30. The summed E-state index contributed by atoms with van der Waals surface area (Å²) in [5, 5.41) is 0. The first-order valence-corrected chi connectivity index (χ1v) is 13.0. The number of amides is 1. The predicted molar refractivity (Wildman–Crippen MR) is 134 cm³/mol. The van der Waals surface area contributed by atoms with Gasteiger partial charge in [0.15, 0.2) is 11.5 Å². The average Bonchev–Trinajstić information content (AvgIpc) is 3.14. The fourth-order valence-corrected chi connectivity index (χ4v) is 5.26. The summed E-state index contributed by atoms with van der Waals surface area (Å²) < 4.78 is 39.8. The molecule has 0 spiro atoms. The third-order valence-corrected chi connectivity index (χ3v) is 7.41. The molecule has 3 aromatic rings. The van der Waals surface area contributed by atoms with Crippen molar-refractivity contribution >= 4 is 27.2 Å². The molecule has 35 heavy (non-hydrogen) atoms. The lowest BCUT2D eigenvalue weighted by Crippen LogP contribution is -2.34. The minimum atomic E-state index is -3.88. The average molecular weight is 491 g/mol. The second kappa shape index (κ2) is 9.84. The van der Waals surface area contributed by atoms with Gasteiger partial charge >= 0.3 is 0 Å². The highest BCUT2D eigenvalue weighted by Gasteiger charge is 2.22. The molecule has 0 saturated carbocycles. The van der Waals surface area contributed by atoms with Gasteiger partial charge in [-0.2, -0.15) is 0 Å². The first kappa shape index (κ1) is 23.0.